The van der Waals surface area contributed by atoms with Crippen molar-refractivity contribution in [3.05, 3.63) is 39.9 Å². The summed E-state index contributed by atoms with van der Waals surface area (Å²) < 4.78 is 1.19. The molecule has 2 saturated heterocycles. The van der Waals surface area contributed by atoms with E-state index in [0.29, 0.717) is 31.9 Å². The molecule has 1 amide bonds. The highest BCUT2D eigenvalue weighted by Crippen LogP contribution is 2.21. The van der Waals surface area contributed by atoms with Gasteiger partial charge in [-0.2, -0.15) is 10.1 Å². The van der Waals surface area contributed by atoms with E-state index in [4.69, 9.17) is 4.98 Å². The van der Waals surface area contributed by atoms with E-state index < -0.39 is 0 Å². The molecule has 154 valence electrons. The fraction of sp³-hybridized carbons (Fsp3) is 0.550. The van der Waals surface area contributed by atoms with Crippen molar-refractivity contribution in [2.24, 2.45) is 7.05 Å². The molecule has 0 aromatic carbocycles. The number of piperazine rings is 1. The number of carbonyl (C=O) groups is 1. The van der Waals surface area contributed by atoms with Crippen molar-refractivity contribution in [2.75, 3.05) is 49.1 Å². The molecule has 0 N–H and O–H groups in total. The number of piperidine rings is 1. The molecule has 0 unspecified atom stereocenters. The quantitative estimate of drug-likeness (QED) is 0.758. The van der Waals surface area contributed by atoms with Gasteiger partial charge in [-0.15, -0.1) is 0 Å². The van der Waals surface area contributed by atoms with Crippen LogP contribution in [0.2, 0.25) is 0 Å². The minimum Gasteiger partial charge on any atom is -0.353 e. The highest BCUT2D eigenvalue weighted by Gasteiger charge is 2.25. The zero-order valence-electron chi connectivity index (χ0n) is 17.0. The standard InChI is InChI=1S/C20H27N7O2/c1-15-14-17(22-20(21-15)27-8-4-3-5-9-27)25-10-12-26(13-11-25)19(29)16-6-7-18(28)24(2)23-16/h6-7,14H,3-5,8-13H2,1-2H3. The summed E-state index contributed by atoms with van der Waals surface area (Å²) in [5.41, 5.74) is 1.03. The first-order chi connectivity index (χ1) is 14.0. The Morgan fingerprint density at radius 2 is 1.66 bits per heavy atom. The van der Waals surface area contributed by atoms with Gasteiger partial charge >= 0.3 is 0 Å². The molecule has 0 aliphatic carbocycles. The van der Waals surface area contributed by atoms with E-state index in [9.17, 15) is 9.59 Å². The highest BCUT2D eigenvalue weighted by atomic mass is 16.2. The summed E-state index contributed by atoms with van der Waals surface area (Å²) in [4.78, 5) is 39.9. The zero-order chi connectivity index (χ0) is 20.4. The van der Waals surface area contributed by atoms with E-state index in [1.54, 1.807) is 11.9 Å². The SMILES string of the molecule is Cc1cc(N2CCN(C(=O)c3ccc(=O)n(C)n3)CC2)nc(N2CCCCC2)n1. The van der Waals surface area contributed by atoms with E-state index in [0.717, 1.165) is 30.5 Å². The first kappa shape index (κ1) is 19.4. The van der Waals surface area contributed by atoms with Crippen LogP contribution in [0, 0.1) is 6.92 Å². The number of aryl methyl sites for hydroxylation is 2. The maximum Gasteiger partial charge on any atom is 0.274 e. The molecule has 2 aromatic heterocycles. The lowest BCUT2D eigenvalue weighted by atomic mass is 10.1. The van der Waals surface area contributed by atoms with Crippen molar-refractivity contribution in [1.29, 1.82) is 0 Å². The van der Waals surface area contributed by atoms with Crippen molar-refractivity contribution in [3.8, 4) is 0 Å². The molecule has 4 heterocycles. The van der Waals surface area contributed by atoms with E-state index in [1.807, 2.05) is 13.0 Å². The molecular formula is C20H27N7O2. The molecular weight excluding hydrogens is 370 g/mol. The summed E-state index contributed by atoms with van der Waals surface area (Å²) in [6, 6.07) is 4.89. The summed E-state index contributed by atoms with van der Waals surface area (Å²) in [6.45, 7) is 6.61. The number of nitrogens with zero attached hydrogens (tertiary/aromatic N) is 7. The molecule has 0 bridgehead atoms. The molecule has 0 atom stereocenters. The number of rotatable bonds is 3. The van der Waals surface area contributed by atoms with Crippen LogP contribution >= 0.6 is 0 Å². The van der Waals surface area contributed by atoms with Gasteiger partial charge in [0.15, 0.2) is 0 Å². The van der Waals surface area contributed by atoms with Gasteiger partial charge in [-0.3, -0.25) is 9.59 Å². The van der Waals surface area contributed by atoms with Gasteiger partial charge in [0.1, 0.15) is 11.5 Å². The fourth-order valence-electron chi connectivity index (χ4n) is 3.85. The zero-order valence-corrected chi connectivity index (χ0v) is 17.0. The summed E-state index contributed by atoms with van der Waals surface area (Å²) in [5.74, 6) is 1.59. The van der Waals surface area contributed by atoms with Gasteiger partial charge in [0.05, 0.1) is 0 Å². The average Bonchev–Trinajstić information content (AvgIpc) is 2.75. The van der Waals surface area contributed by atoms with E-state index >= 15 is 0 Å². The summed E-state index contributed by atoms with van der Waals surface area (Å²) in [5, 5.41) is 4.07. The Bertz CT molecular complexity index is 944. The third-order valence-electron chi connectivity index (χ3n) is 5.54. The van der Waals surface area contributed by atoms with E-state index in [-0.39, 0.29) is 11.5 Å². The molecule has 0 saturated carbocycles. The van der Waals surface area contributed by atoms with Crippen LogP contribution in [0.5, 0.6) is 0 Å². The number of aromatic nitrogens is 4. The Morgan fingerprint density at radius 1 is 0.931 bits per heavy atom. The van der Waals surface area contributed by atoms with Crippen molar-refractivity contribution in [2.45, 2.75) is 26.2 Å². The van der Waals surface area contributed by atoms with Gasteiger partial charge in [-0.25, -0.2) is 9.67 Å². The number of amides is 1. The third-order valence-corrected chi connectivity index (χ3v) is 5.54. The maximum absolute atomic E-state index is 12.7. The number of carbonyl (C=O) groups excluding carboxylic acids is 1. The van der Waals surface area contributed by atoms with E-state index in [1.165, 1.54) is 36.1 Å². The molecule has 2 fully saturated rings. The van der Waals surface area contributed by atoms with Gasteiger partial charge < -0.3 is 14.7 Å². The van der Waals surface area contributed by atoms with Crippen LogP contribution in [0.15, 0.2) is 23.0 Å². The maximum atomic E-state index is 12.7. The second-order valence-corrected chi connectivity index (χ2v) is 7.67. The lowest BCUT2D eigenvalue weighted by Crippen LogP contribution is -2.49. The predicted molar refractivity (Wildman–Crippen MR) is 110 cm³/mol. The van der Waals surface area contributed by atoms with Gasteiger partial charge in [0, 0.05) is 64.1 Å². The molecule has 9 nitrogen and oxygen atoms in total. The number of anilines is 2. The van der Waals surface area contributed by atoms with Crippen LogP contribution in [-0.4, -0.2) is 69.8 Å². The second-order valence-electron chi connectivity index (χ2n) is 7.67. The summed E-state index contributed by atoms with van der Waals surface area (Å²) >= 11 is 0. The Kier molecular flexibility index (Phi) is 5.46. The Hall–Kier alpha value is -2.97. The largest absolute Gasteiger partial charge is 0.353 e. The highest BCUT2D eigenvalue weighted by molar-refractivity contribution is 5.92. The van der Waals surface area contributed by atoms with Crippen molar-refractivity contribution in [1.82, 2.24) is 24.6 Å². The molecule has 2 aliphatic heterocycles. The average molecular weight is 397 g/mol. The van der Waals surface area contributed by atoms with Gasteiger partial charge in [-0.05, 0) is 32.3 Å². The van der Waals surface area contributed by atoms with Crippen LogP contribution in [-0.2, 0) is 7.05 Å². The second kappa shape index (κ2) is 8.18. The first-order valence-electron chi connectivity index (χ1n) is 10.2. The molecule has 9 heteroatoms. The molecule has 2 aliphatic rings. The Labute approximate surface area is 170 Å². The summed E-state index contributed by atoms with van der Waals surface area (Å²) in [6.07, 6.45) is 3.65. The minimum atomic E-state index is -0.227. The van der Waals surface area contributed by atoms with Gasteiger partial charge in [0.2, 0.25) is 5.95 Å². The topological polar surface area (TPSA) is 87.5 Å². The lowest BCUT2D eigenvalue weighted by Gasteiger charge is -2.36. The number of hydrogen-bond donors (Lipinski definition) is 0. The van der Waals surface area contributed by atoms with Crippen LogP contribution in [0.3, 0.4) is 0 Å². The van der Waals surface area contributed by atoms with Crippen molar-refractivity contribution < 1.29 is 4.79 Å². The normalized spacial score (nSPS) is 17.5. The van der Waals surface area contributed by atoms with Crippen LogP contribution in [0.4, 0.5) is 11.8 Å². The van der Waals surface area contributed by atoms with Crippen LogP contribution in [0.25, 0.3) is 0 Å². The molecule has 2 aromatic rings. The van der Waals surface area contributed by atoms with E-state index in [2.05, 4.69) is 19.9 Å². The smallest absolute Gasteiger partial charge is 0.274 e. The third kappa shape index (κ3) is 4.23. The van der Waals surface area contributed by atoms with Gasteiger partial charge in [-0.1, -0.05) is 0 Å². The molecule has 29 heavy (non-hydrogen) atoms. The molecule has 4 rings (SSSR count). The van der Waals surface area contributed by atoms with Gasteiger partial charge in [0.25, 0.3) is 11.5 Å². The lowest BCUT2D eigenvalue weighted by molar-refractivity contribution is 0.0738. The van der Waals surface area contributed by atoms with Crippen molar-refractivity contribution in [3.63, 3.8) is 0 Å². The Balaban J connectivity index is 1.44. The van der Waals surface area contributed by atoms with Crippen molar-refractivity contribution >= 4 is 17.7 Å². The van der Waals surface area contributed by atoms with Crippen LogP contribution in [0.1, 0.15) is 35.4 Å². The molecule has 0 radical (unpaired) electrons. The minimum absolute atomic E-state index is 0.145. The number of hydrogen-bond acceptors (Lipinski definition) is 7. The van der Waals surface area contributed by atoms with Crippen LogP contribution < -0.4 is 15.4 Å². The predicted octanol–water partition coefficient (Wildman–Crippen LogP) is 0.831. The summed E-state index contributed by atoms with van der Waals surface area (Å²) in [7, 11) is 1.55. The monoisotopic (exact) mass is 397 g/mol. The fourth-order valence-corrected chi connectivity index (χ4v) is 3.85. The Morgan fingerprint density at radius 3 is 2.34 bits per heavy atom. The molecule has 0 spiro atoms. The first-order valence-corrected chi connectivity index (χ1v) is 10.2.